The Morgan fingerprint density at radius 2 is 1.26 bits per heavy atom. The van der Waals surface area contributed by atoms with Crippen LogP contribution in [0.15, 0.2) is 0 Å². The van der Waals surface area contributed by atoms with Gasteiger partial charge in [-0.25, -0.2) is 0 Å². The second-order valence-corrected chi connectivity index (χ2v) is 8.67. The lowest BCUT2D eigenvalue weighted by Gasteiger charge is -2.41. The summed E-state index contributed by atoms with van der Waals surface area (Å²) in [6, 6.07) is 0. The molecule has 19 heavy (non-hydrogen) atoms. The van der Waals surface area contributed by atoms with Crippen molar-refractivity contribution in [1.29, 1.82) is 0 Å². The minimum Gasteiger partial charge on any atom is -0.351 e. The van der Waals surface area contributed by atoms with Gasteiger partial charge in [0.1, 0.15) is 0 Å². The second-order valence-electron chi connectivity index (χ2n) is 8.67. The zero-order chi connectivity index (χ0) is 15.6. The van der Waals surface area contributed by atoms with Crippen molar-refractivity contribution < 1.29 is 4.79 Å². The maximum atomic E-state index is 12.7. The first kappa shape index (κ1) is 18.5. The first-order valence-corrected chi connectivity index (χ1v) is 7.55. The molecular weight excluding hydrogens is 234 g/mol. The lowest BCUT2D eigenvalue weighted by atomic mass is 9.69. The van der Waals surface area contributed by atoms with Gasteiger partial charge in [-0.1, -0.05) is 55.4 Å². The van der Waals surface area contributed by atoms with E-state index in [-0.39, 0.29) is 22.3 Å². The number of hydrogen-bond acceptors (Lipinski definition) is 1. The summed E-state index contributed by atoms with van der Waals surface area (Å²) < 4.78 is 0. The highest BCUT2D eigenvalue weighted by Gasteiger charge is 2.41. The van der Waals surface area contributed by atoms with Crippen LogP contribution < -0.4 is 5.32 Å². The summed E-state index contributed by atoms with van der Waals surface area (Å²) in [6.45, 7) is 21.5. The molecule has 0 radical (unpaired) electrons. The van der Waals surface area contributed by atoms with Crippen LogP contribution in [0.4, 0.5) is 0 Å². The molecule has 0 aliphatic rings. The van der Waals surface area contributed by atoms with Gasteiger partial charge in [-0.3, -0.25) is 4.79 Å². The zero-order valence-corrected chi connectivity index (χ0v) is 14.8. The fraction of sp³-hybridized carbons (Fsp3) is 0.941. The van der Waals surface area contributed by atoms with E-state index in [9.17, 15) is 4.79 Å². The second kappa shape index (κ2) is 5.85. The lowest BCUT2D eigenvalue weighted by molar-refractivity contribution is -0.137. The van der Waals surface area contributed by atoms with Crippen molar-refractivity contribution in [2.45, 2.75) is 81.2 Å². The molecule has 0 aromatic rings. The van der Waals surface area contributed by atoms with Gasteiger partial charge in [-0.05, 0) is 37.5 Å². The summed E-state index contributed by atoms with van der Waals surface area (Å²) in [6.07, 6.45) is 0.970. The van der Waals surface area contributed by atoms with Gasteiger partial charge in [0.15, 0.2) is 0 Å². The van der Waals surface area contributed by atoms with Crippen LogP contribution in [-0.4, -0.2) is 11.4 Å². The summed E-state index contributed by atoms with van der Waals surface area (Å²) in [4.78, 5) is 12.7. The van der Waals surface area contributed by atoms with E-state index >= 15 is 0 Å². The quantitative estimate of drug-likeness (QED) is 0.774. The molecule has 0 saturated carbocycles. The number of amides is 1. The average Bonchev–Trinajstić information content (AvgIpc) is 2.10. The van der Waals surface area contributed by atoms with E-state index in [0.29, 0.717) is 11.8 Å². The first-order chi connectivity index (χ1) is 8.22. The van der Waals surface area contributed by atoms with Gasteiger partial charge < -0.3 is 5.32 Å². The van der Waals surface area contributed by atoms with Gasteiger partial charge in [-0.15, -0.1) is 0 Å². The molecule has 0 atom stereocenters. The Morgan fingerprint density at radius 3 is 1.53 bits per heavy atom. The van der Waals surface area contributed by atoms with Crippen LogP contribution in [0.1, 0.15) is 75.7 Å². The third kappa shape index (κ3) is 5.16. The number of nitrogens with one attached hydrogen (secondary N) is 1. The van der Waals surface area contributed by atoms with Crippen LogP contribution in [0.25, 0.3) is 0 Å². The molecule has 0 aliphatic carbocycles. The predicted molar refractivity (Wildman–Crippen MR) is 84.1 cm³/mol. The van der Waals surface area contributed by atoms with E-state index in [1.165, 1.54) is 0 Å². The Morgan fingerprint density at radius 1 is 0.895 bits per heavy atom. The molecule has 0 bridgehead atoms. The summed E-state index contributed by atoms with van der Waals surface area (Å²) >= 11 is 0. The molecule has 0 saturated heterocycles. The molecule has 0 aromatic heterocycles. The molecule has 0 heterocycles. The molecule has 114 valence electrons. The van der Waals surface area contributed by atoms with Crippen LogP contribution in [0.2, 0.25) is 0 Å². The molecule has 0 spiro atoms. The third-order valence-corrected chi connectivity index (χ3v) is 4.31. The molecule has 0 aromatic carbocycles. The molecule has 2 nitrogen and oxygen atoms in total. The van der Waals surface area contributed by atoms with Crippen molar-refractivity contribution in [1.82, 2.24) is 5.32 Å². The van der Waals surface area contributed by atoms with Crippen molar-refractivity contribution in [3.05, 3.63) is 0 Å². The zero-order valence-electron chi connectivity index (χ0n) is 14.8. The Kier molecular flexibility index (Phi) is 5.68. The number of carbonyl (C=O) groups excluding carboxylic acids is 1. The van der Waals surface area contributed by atoms with Crippen molar-refractivity contribution in [3.63, 3.8) is 0 Å². The van der Waals surface area contributed by atoms with Crippen molar-refractivity contribution in [3.8, 4) is 0 Å². The van der Waals surface area contributed by atoms with Gasteiger partial charge in [0.25, 0.3) is 0 Å². The molecule has 1 amide bonds. The maximum Gasteiger partial charge on any atom is 0.226 e. The minimum atomic E-state index is -0.310. The molecule has 0 unspecified atom stereocenters. The Hall–Kier alpha value is -0.530. The summed E-state index contributed by atoms with van der Waals surface area (Å²) in [5.41, 5.74) is -0.266. The summed E-state index contributed by atoms with van der Waals surface area (Å²) in [5.74, 6) is 0.850. The van der Waals surface area contributed by atoms with Crippen LogP contribution in [-0.2, 0) is 4.79 Å². The van der Waals surface area contributed by atoms with Crippen molar-refractivity contribution >= 4 is 5.91 Å². The van der Waals surface area contributed by atoms with Gasteiger partial charge in [0.05, 0.1) is 5.41 Å². The molecule has 0 rings (SSSR count). The monoisotopic (exact) mass is 269 g/mol. The Balaban J connectivity index is 5.03. The lowest BCUT2D eigenvalue weighted by Crippen LogP contribution is -2.54. The van der Waals surface area contributed by atoms with Gasteiger partial charge in [-0.2, -0.15) is 0 Å². The average molecular weight is 269 g/mol. The van der Waals surface area contributed by atoms with Crippen LogP contribution >= 0.6 is 0 Å². The van der Waals surface area contributed by atoms with Crippen LogP contribution in [0.5, 0.6) is 0 Å². The fourth-order valence-electron chi connectivity index (χ4n) is 3.00. The highest BCUT2D eigenvalue weighted by atomic mass is 16.2. The van der Waals surface area contributed by atoms with Gasteiger partial charge in [0, 0.05) is 5.54 Å². The van der Waals surface area contributed by atoms with E-state index in [1.54, 1.807) is 0 Å². The predicted octanol–water partition coefficient (Wildman–Crippen LogP) is 4.64. The minimum absolute atomic E-state index is 0.166. The standard InChI is InChI=1S/C17H35NO/c1-12(2)17(10,13(3)4)14(19)18-16(8,9)11-15(5,6)7/h12-13H,11H2,1-10H3,(H,18,19). The molecule has 0 aliphatic heterocycles. The highest BCUT2D eigenvalue weighted by molar-refractivity contribution is 5.83. The summed E-state index contributed by atoms with van der Waals surface area (Å²) in [5, 5.41) is 3.28. The first-order valence-electron chi connectivity index (χ1n) is 7.55. The SMILES string of the molecule is CC(C)C(C)(C(=O)NC(C)(C)CC(C)(C)C)C(C)C. The molecule has 0 fully saturated rings. The maximum absolute atomic E-state index is 12.7. The van der Waals surface area contributed by atoms with Crippen LogP contribution in [0, 0.1) is 22.7 Å². The van der Waals surface area contributed by atoms with E-state index in [1.807, 2.05) is 0 Å². The molecule has 2 heteroatoms. The molecule has 1 N–H and O–H groups in total. The number of carbonyl (C=O) groups is 1. The fourth-order valence-corrected chi connectivity index (χ4v) is 3.00. The van der Waals surface area contributed by atoms with E-state index in [0.717, 1.165) is 6.42 Å². The van der Waals surface area contributed by atoms with Gasteiger partial charge >= 0.3 is 0 Å². The smallest absolute Gasteiger partial charge is 0.226 e. The van der Waals surface area contributed by atoms with Gasteiger partial charge in [0.2, 0.25) is 5.91 Å². The topological polar surface area (TPSA) is 29.1 Å². The Labute approximate surface area is 120 Å². The van der Waals surface area contributed by atoms with E-state index in [4.69, 9.17) is 0 Å². The Bertz CT molecular complexity index is 300. The highest BCUT2D eigenvalue weighted by Crippen LogP contribution is 2.37. The number of rotatable bonds is 5. The largest absolute Gasteiger partial charge is 0.351 e. The van der Waals surface area contributed by atoms with Crippen molar-refractivity contribution in [2.75, 3.05) is 0 Å². The number of hydrogen-bond donors (Lipinski definition) is 1. The van der Waals surface area contributed by atoms with Crippen molar-refractivity contribution in [2.24, 2.45) is 22.7 Å². The third-order valence-electron chi connectivity index (χ3n) is 4.31. The summed E-state index contributed by atoms with van der Waals surface area (Å²) in [7, 11) is 0. The molecular formula is C17H35NO. The normalized spacial score (nSPS) is 14.1. The van der Waals surface area contributed by atoms with Crippen LogP contribution in [0.3, 0.4) is 0 Å². The van der Waals surface area contributed by atoms with E-state index in [2.05, 4.69) is 74.6 Å². The van der Waals surface area contributed by atoms with E-state index < -0.39 is 0 Å².